The molecule has 0 amide bonds. The van der Waals surface area contributed by atoms with Crippen LogP contribution in [0.5, 0.6) is 0 Å². The first kappa shape index (κ1) is 31.6. The highest BCUT2D eigenvalue weighted by atomic mass is 32.1. The molecule has 0 fully saturated rings. The maximum atomic E-state index is 11.6. The summed E-state index contributed by atoms with van der Waals surface area (Å²) in [7, 11) is 0. The molecule has 0 aliphatic heterocycles. The quantitative estimate of drug-likeness (QED) is 0.0870. The summed E-state index contributed by atoms with van der Waals surface area (Å²) in [6.45, 7) is 17.3. The number of azo groups is 1. The van der Waals surface area contributed by atoms with E-state index >= 15 is 0 Å². The molecule has 0 saturated heterocycles. The van der Waals surface area contributed by atoms with Crippen LogP contribution in [0.3, 0.4) is 0 Å². The lowest BCUT2D eigenvalue weighted by atomic mass is 10.1. The van der Waals surface area contributed by atoms with E-state index in [4.69, 9.17) is 16.0 Å². The molecule has 0 saturated carbocycles. The van der Waals surface area contributed by atoms with E-state index in [1.165, 1.54) is 31.1 Å². The minimum atomic E-state index is -0.385. The van der Waals surface area contributed by atoms with Crippen LogP contribution in [0.1, 0.15) is 68.4 Å². The standard InChI is InChI=1S/C29H37N5O4S/c1-6-7-8-9-14-34(15-16-37-17-18-38-27(36)13-10-22(3)35)24-11-12-25(21(2)19-24)32-33-29-28(31-5)23(4)26(20-30)39-29/h11-12,19H,6-10,13-18H2,1-4H3. The Morgan fingerprint density at radius 2 is 1.90 bits per heavy atom. The van der Waals surface area contributed by atoms with E-state index in [9.17, 15) is 14.9 Å². The summed E-state index contributed by atoms with van der Waals surface area (Å²) in [6.07, 6.45) is 4.89. The summed E-state index contributed by atoms with van der Waals surface area (Å²) < 4.78 is 10.8. The van der Waals surface area contributed by atoms with Crippen molar-refractivity contribution < 1.29 is 19.1 Å². The Morgan fingerprint density at radius 3 is 2.56 bits per heavy atom. The molecule has 10 heteroatoms. The van der Waals surface area contributed by atoms with Crippen molar-refractivity contribution in [2.75, 3.05) is 37.8 Å². The lowest BCUT2D eigenvalue weighted by Gasteiger charge is -2.25. The van der Waals surface area contributed by atoms with Gasteiger partial charge in [-0.05, 0) is 56.5 Å². The second kappa shape index (κ2) is 17.1. The Morgan fingerprint density at radius 1 is 1.10 bits per heavy atom. The van der Waals surface area contributed by atoms with E-state index in [-0.39, 0.29) is 31.2 Å². The molecule has 9 nitrogen and oxygen atoms in total. The van der Waals surface area contributed by atoms with Crippen LogP contribution in [0.2, 0.25) is 0 Å². The van der Waals surface area contributed by atoms with Crippen molar-refractivity contribution in [1.29, 1.82) is 5.26 Å². The van der Waals surface area contributed by atoms with Crippen molar-refractivity contribution in [3.8, 4) is 6.07 Å². The number of unbranched alkanes of at least 4 members (excludes halogenated alkanes) is 3. The fourth-order valence-electron chi connectivity index (χ4n) is 3.78. The maximum Gasteiger partial charge on any atom is 0.306 e. The van der Waals surface area contributed by atoms with Gasteiger partial charge in [0.05, 0.1) is 36.8 Å². The van der Waals surface area contributed by atoms with Gasteiger partial charge < -0.3 is 19.2 Å². The van der Waals surface area contributed by atoms with Gasteiger partial charge in [0.2, 0.25) is 5.69 Å². The van der Waals surface area contributed by atoms with Gasteiger partial charge in [-0.25, -0.2) is 4.85 Å². The number of benzene rings is 1. The van der Waals surface area contributed by atoms with Gasteiger partial charge in [0.25, 0.3) is 0 Å². The minimum Gasteiger partial charge on any atom is -0.463 e. The normalized spacial score (nSPS) is 10.8. The molecule has 208 valence electrons. The van der Waals surface area contributed by atoms with Crippen molar-refractivity contribution in [2.45, 2.75) is 66.2 Å². The molecular weight excluding hydrogens is 514 g/mol. The molecule has 0 radical (unpaired) electrons. The number of rotatable bonds is 17. The zero-order chi connectivity index (χ0) is 28.6. The fourth-order valence-corrected chi connectivity index (χ4v) is 4.65. The molecule has 1 heterocycles. The Bertz CT molecular complexity index is 1230. The highest BCUT2D eigenvalue weighted by Gasteiger charge is 2.15. The molecule has 39 heavy (non-hydrogen) atoms. The highest BCUT2D eigenvalue weighted by Crippen LogP contribution is 2.42. The average molecular weight is 552 g/mol. The largest absolute Gasteiger partial charge is 0.463 e. The van der Waals surface area contributed by atoms with Gasteiger partial charge in [-0.2, -0.15) is 15.5 Å². The predicted octanol–water partition coefficient (Wildman–Crippen LogP) is 7.52. The van der Waals surface area contributed by atoms with Crippen molar-refractivity contribution in [3.63, 3.8) is 0 Å². The first-order valence-electron chi connectivity index (χ1n) is 13.2. The topological polar surface area (TPSA) is 109 Å². The van der Waals surface area contributed by atoms with Crippen LogP contribution in [0, 0.1) is 31.8 Å². The van der Waals surface area contributed by atoms with E-state index < -0.39 is 0 Å². The van der Waals surface area contributed by atoms with Crippen LogP contribution in [0.15, 0.2) is 28.4 Å². The van der Waals surface area contributed by atoms with Gasteiger partial charge in [0, 0.05) is 25.2 Å². The molecule has 0 atom stereocenters. The molecule has 0 unspecified atom stereocenters. The summed E-state index contributed by atoms with van der Waals surface area (Å²) in [6, 6.07) is 8.10. The first-order chi connectivity index (χ1) is 18.8. The number of anilines is 1. The van der Waals surface area contributed by atoms with E-state index in [2.05, 4.69) is 39.0 Å². The second-order valence-corrected chi connectivity index (χ2v) is 10.2. The van der Waals surface area contributed by atoms with Crippen molar-refractivity contribution >= 4 is 45.2 Å². The molecule has 0 bridgehead atoms. The third-order valence-electron chi connectivity index (χ3n) is 6.06. The number of nitrogens with zero attached hydrogens (tertiary/aromatic N) is 5. The number of carbonyl (C=O) groups excluding carboxylic acids is 2. The number of Topliss-reactive ketones (excluding diaryl/α,β-unsaturated/α-hetero) is 1. The van der Waals surface area contributed by atoms with Crippen LogP contribution in [-0.4, -0.2) is 44.7 Å². The third-order valence-corrected chi connectivity index (χ3v) is 7.13. The zero-order valence-electron chi connectivity index (χ0n) is 23.3. The molecular formula is C29H37N5O4S. The van der Waals surface area contributed by atoms with E-state index in [1.807, 2.05) is 19.1 Å². The summed E-state index contributed by atoms with van der Waals surface area (Å²) in [5.74, 6) is -0.418. The third kappa shape index (κ3) is 10.6. The van der Waals surface area contributed by atoms with Crippen LogP contribution < -0.4 is 4.90 Å². The molecule has 2 aromatic rings. The predicted molar refractivity (Wildman–Crippen MR) is 153 cm³/mol. The Kier molecular flexibility index (Phi) is 13.8. The van der Waals surface area contributed by atoms with Gasteiger partial charge in [-0.3, -0.25) is 4.79 Å². The number of hydrogen-bond donors (Lipinski definition) is 0. The molecule has 1 aromatic carbocycles. The van der Waals surface area contributed by atoms with Crippen LogP contribution in [0.4, 0.5) is 22.1 Å². The molecule has 0 spiro atoms. The highest BCUT2D eigenvalue weighted by molar-refractivity contribution is 7.17. The summed E-state index contributed by atoms with van der Waals surface area (Å²) in [5, 5.41) is 18.4. The van der Waals surface area contributed by atoms with Crippen molar-refractivity contribution in [1.82, 2.24) is 0 Å². The lowest BCUT2D eigenvalue weighted by Crippen LogP contribution is -2.29. The van der Waals surface area contributed by atoms with Gasteiger partial charge in [-0.15, -0.1) is 11.3 Å². The molecule has 1 aromatic heterocycles. The molecule has 0 aliphatic rings. The van der Waals surface area contributed by atoms with Crippen molar-refractivity contribution in [2.24, 2.45) is 10.2 Å². The van der Waals surface area contributed by atoms with Crippen molar-refractivity contribution in [3.05, 3.63) is 45.6 Å². The first-order valence-corrected chi connectivity index (χ1v) is 14.0. The number of carbonyl (C=O) groups is 2. The summed E-state index contributed by atoms with van der Waals surface area (Å²) in [4.78, 5) is 28.9. The number of thiophene rings is 1. The summed E-state index contributed by atoms with van der Waals surface area (Å²) in [5.41, 5.74) is 3.73. The number of hydrogen-bond acceptors (Lipinski definition) is 9. The number of ether oxygens (including phenoxy) is 2. The van der Waals surface area contributed by atoms with E-state index in [0.29, 0.717) is 46.6 Å². The number of ketones is 1. The van der Waals surface area contributed by atoms with Crippen LogP contribution in [0.25, 0.3) is 4.85 Å². The van der Waals surface area contributed by atoms with Gasteiger partial charge in [-0.1, -0.05) is 26.2 Å². The second-order valence-electron chi connectivity index (χ2n) is 9.19. The summed E-state index contributed by atoms with van der Waals surface area (Å²) >= 11 is 1.18. The SMILES string of the molecule is [C-]#[N+]c1c(N=Nc2ccc(N(CCCCCC)CCOCCOC(=O)CCC(C)=O)cc2C)sc(C#N)c1C. The molecule has 2 rings (SSSR count). The Hall–Kier alpha value is -3.60. The maximum absolute atomic E-state index is 11.6. The number of aryl methyl sites for hydroxylation is 1. The van der Waals surface area contributed by atoms with E-state index in [0.717, 1.165) is 30.6 Å². The Labute approximate surface area is 235 Å². The van der Waals surface area contributed by atoms with Crippen LogP contribution >= 0.6 is 11.3 Å². The Balaban J connectivity index is 2.00. The number of nitriles is 1. The zero-order valence-corrected chi connectivity index (χ0v) is 24.1. The van der Waals surface area contributed by atoms with Gasteiger partial charge in [0.15, 0.2) is 0 Å². The average Bonchev–Trinajstić information content (AvgIpc) is 3.23. The van der Waals surface area contributed by atoms with Crippen LogP contribution in [-0.2, 0) is 19.1 Å². The molecule has 0 aliphatic carbocycles. The number of esters is 1. The van der Waals surface area contributed by atoms with Gasteiger partial charge in [0.1, 0.15) is 23.5 Å². The smallest absolute Gasteiger partial charge is 0.306 e. The van der Waals surface area contributed by atoms with Gasteiger partial charge >= 0.3 is 5.97 Å². The monoisotopic (exact) mass is 551 g/mol. The lowest BCUT2D eigenvalue weighted by molar-refractivity contribution is -0.146. The minimum absolute atomic E-state index is 0.0328. The van der Waals surface area contributed by atoms with E-state index in [1.54, 1.807) is 6.92 Å². The fraction of sp³-hybridized carbons (Fsp3) is 0.517. The molecule has 0 N–H and O–H groups in total.